The first-order chi connectivity index (χ1) is 12.7. The number of nitrogens with zero attached hydrogens (tertiary/aromatic N) is 1. The molecule has 1 atom stereocenters. The van der Waals surface area contributed by atoms with Crippen molar-refractivity contribution in [2.24, 2.45) is 5.92 Å². The predicted molar refractivity (Wildman–Crippen MR) is 104 cm³/mol. The fraction of sp³-hybridized carbons (Fsp3) is 0.455. The molecule has 0 radical (unpaired) electrons. The zero-order valence-corrected chi connectivity index (χ0v) is 15.8. The molecule has 0 unspecified atom stereocenters. The van der Waals surface area contributed by atoms with Gasteiger partial charge in [-0.15, -0.1) is 11.3 Å². The number of ketones is 1. The van der Waals surface area contributed by atoms with Crippen LogP contribution < -0.4 is 0 Å². The van der Waals surface area contributed by atoms with Crippen LogP contribution in [0.2, 0.25) is 0 Å². The van der Waals surface area contributed by atoms with Gasteiger partial charge < -0.3 is 4.90 Å². The van der Waals surface area contributed by atoms with E-state index in [9.17, 15) is 9.59 Å². The van der Waals surface area contributed by atoms with Crippen molar-refractivity contribution in [3.63, 3.8) is 0 Å². The maximum Gasteiger partial charge on any atom is 0.223 e. The Morgan fingerprint density at radius 2 is 1.77 bits per heavy atom. The molecule has 1 aliphatic carbocycles. The summed E-state index contributed by atoms with van der Waals surface area (Å²) in [6.45, 7) is 0. The fourth-order valence-electron chi connectivity index (χ4n) is 4.63. The highest BCUT2D eigenvalue weighted by molar-refractivity contribution is 7.12. The molecule has 3 heterocycles. The molecule has 3 fully saturated rings. The Morgan fingerprint density at radius 3 is 2.46 bits per heavy atom. The highest BCUT2D eigenvalue weighted by Crippen LogP contribution is 2.41. The molecule has 0 spiro atoms. The first kappa shape index (κ1) is 17.5. The van der Waals surface area contributed by atoms with Crippen LogP contribution in [-0.4, -0.2) is 28.7 Å². The van der Waals surface area contributed by atoms with Gasteiger partial charge in [-0.2, -0.15) is 0 Å². The summed E-state index contributed by atoms with van der Waals surface area (Å²) in [6.07, 6.45) is 6.58. The van der Waals surface area contributed by atoms with Crippen molar-refractivity contribution in [2.45, 2.75) is 57.0 Å². The van der Waals surface area contributed by atoms with E-state index in [1.165, 1.54) is 16.9 Å². The molecule has 5 rings (SSSR count). The monoisotopic (exact) mass is 367 g/mol. The van der Waals surface area contributed by atoms with Crippen LogP contribution in [-0.2, 0) is 11.2 Å². The van der Waals surface area contributed by atoms with Gasteiger partial charge in [-0.3, -0.25) is 9.59 Å². The van der Waals surface area contributed by atoms with E-state index in [2.05, 4.69) is 12.1 Å². The molecule has 2 saturated heterocycles. The average molecular weight is 368 g/mol. The van der Waals surface area contributed by atoms with Gasteiger partial charge in [-0.25, -0.2) is 0 Å². The maximum atomic E-state index is 13.1. The number of rotatable bonds is 6. The molecule has 4 heteroatoms. The minimum absolute atomic E-state index is 0.158. The smallest absolute Gasteiger partial charge is 0.223 e. The van der Waals surface area contributed by atoms with Crippen LogP contribution in [0.1, 0.15) is 53.8 Å². The van der Waals surface area contributed by atoms with Crippen molar-refractivity contribution in [2.75, 3.05) is 0 Å². The van der Waals surface area contributed by atoms with Crippen molar-refractivity contribution in [3.05, 3.63) is 58.3 Å². The van der Waals surface area contributed by atoms with Crippen LogP contribution in [0.4, 0.5) is 0 Å². The van der Waals surface area contributed by atoms with Gasteiger partial charge in [-0.1, -0.05) is 36.4 Å². The van der Waals surface area contributed by atoms with E-state index in [0.29, 0.717) is 12.3 Å². The molecular weight excluding hydrogens is 342 g/mol. The van der Waals surface area contributed by atoms with E-state index in [1.54, 1.807) is 0 Å². The molecule has 0 N–H and O–H groups in total. The largest absolute Gasteiger partial charge is 0.329 e. The van der Waals surface area contributed by atoms with Gasteiger partial charge in [-0.05, 0) is 61.5 Å². The second-order valence-corrected chi connectivity index (χ2v) is 8.44. The molecule has 3 aliphatic rings. The summed E-state index contributed by atoms with van der Waals surface area (Å²) < 4.78 is 0. The Balaban J connectivity index is 1.45. The van der Waals surface area contributed by atoms with Crippen molar-refractivity contribution in [1.29, 1.82) is 0 Å². The summed E-state index contributed by atoms with van der Waals surface area (Å²) in [5.74, 6) is 0.670. The predicted octanol–water partition coefficient (Wildman–Crippen LogP) is 4.72. The summed E-state index contributed by atoms with van der Waals surface area (Å²) in [5.41, 5.74) is 1.27. The van der Waals surface area contributed by atoms with Crippen LogP contribution >= 0.6 is 11.3 Å². The SMILES string of the molecule is O=C(c1cccs1)[C@H]1C2CCC(CC2)N1C(=O)CCCc1ccccc1. The second kappa shape index (κ2) is 7.75. The lowest BCUT2D eigenvalue weighted by Gasteiger charge is -2.50. The molecule has 1 aromatic heterocycles. The zero-order valence-electron chi connectivity index (χ0n) is 15.0. The molecule has 2 aliphatic heterocycles. The summed E-state index contributed by atoms with van der Waals surface area (Å²) in [6, 6.07) is 14.2. The molecule has 2 aromatic rings. The van der Waals surface area contributed by atoms with Gasteiger partial charge in [0.05, 0.1) is 10.9 Å². The summed E-state index contributed by atoms with van der Waals surface area (Å²) in [5, 5.41) is 1.94. The third-order valence-electron chi connectivity index (χ3n) is 5.90. The second-order valence-electron chi connectivity index (χ2n) is 7.50. The van der Waals surface area contributed by atoms with E-state index in [-0.39, 0.29) is 23.8 Å². The molecule has 26 heavy (non-hydrogen) atoms. The van der Waals surface area contributed by atoms with Crippen LogP contribution in [0.3, 0.4) is 0 Å². The van der Waals surface area contributed by atoms with E-state index >= 15 is 0 Å². The third kappa shape index (κ3) is 3.48. The zero-order chi connectivity index (χ0) is 17.9. The Kier molecular flexibility index (Phi) is 5.21. The van der Waals surface area contributed by atoms with E-state index < -0.39 is 0 Å². The van der Waals surface area contributed by atoms with Crippen LogP contribution in [0.5, 0.6) is 0 Å². The van der Waals surface area contributed by atoms with Gasteiger partial charge in [0.25, 0.3) is 0 Å². The molecule has 136 valence electrons. The van der Waals surface area contributed by atoms with Crippen molar-refractivity contribution >= 4 is 23.0 Å². The number of hydrogen-bond acceptors (Lipinski definition) is 3. The lowest BCUT2D eigenvalue weighted by atomic mass is 9.73. The minimum Gasteiger partial charge on any atom is -0.329 e. The lowest BCUT2D eigenvalue weighted by molar-refractivity contribution is -0.142. The number of carbonyl (C=O) groups is 2. The molecule has 1 amide bonds. The number of aryl methyl sites for hydroxylation is 1. The number of amides is 1. The number of piperidine rings is 2. The molecular formula is C22H25NO2S. The maximum absolute atomic E-state index is 13.1. The molecule has 1 aromatic carbocycles. The number of thiophene rings is 1. The summed E-state index contributed by atoms with van der Waals surface area (Å²) in [4.78, 5) is 28.9. The molecule has 3 nitrogen and oxygen atoms in total. The van der Waals surface area contributed by atoms with E-state index in [0.717, 1.165) is 43.4 Å². The van der Waals surface area contributed by atoms with Gasteiger partial charge in [0, 0.05) is 12.5 Å². The van der Waals surface area contributed by atoms with Gasteiger partial charge in [0.2, 0.25) is 5.91 Å². The van der Waals surface area contributed by atoms with Crippen molar-refractivity contribution in [1.82, 2.24) is 4.90 Å². The van der Waals surface area contributed by atoms with Gasteiger partial charge in [0.1, 0.15) is 0 Å². The summed E-state index contributed by atoms with van der Waals surface area (Å²) >= 11 is 1.49. The summed E-state index contributed by atoms with van der Waals surface area (Å²) in [7, 11) is 0. The number of fused-ring (bicyclic) bond motifs is 3. The lowest BCUT2D eigenvalue weighted by Crippen LogP contribution is -2.60. The number of benzene rings is 1. The first-order valence-electron chi connectivity index (χ1n) is 9.67. The molecule has 2 bridgehead atoms. The number of carbonyl (C=O) groups excluding carboxylic acids is 2. The van der Waals surface area contributed by atoms with Crippen LogP contribution in [0.15, 0.2) is 47.8 Å². The topological polar surface area (TPSA) is 37.4 Å². The van der Waals surface area contributed by atoms with E-state index in [1.807, 2.05) is 40.6 Å². The van der Waals surface area contributed by atoms with Crippen molar-refractivity contribution in [3.8, 4) is 0 Å². The quantitative estimate of drug-likeness (QED) is 0.693. The third-order valence-corrected chi connectivity index (χ3v) is 6.78. The average Bonchev–Trinajstić information content (AvgIpc) is 3.23. The normalized spacial score (nSPS) is 24.6. The molecule has 1 saturated carbocycles. The Morgan fingerprint density at radius 1 is 1.00 bits per heavy atom. The Labute approximate surface area is 159 Å². The highest BCUT2D eigenvalue weighted by Gasteiger charge is 2.47. The van der Waals surface area contributed by atoms with Gasteiger partial charge in [0.15, 0.2) is 5.78 Å². The Hall–Kier alpha value is -1.94. The van der Waals surface area contributed by atoms with Crippen LogP contribution in [0, 0.1) is 5.92 Å². The number of Topliss-reactive ketones (excluding diaryl/α,β-unsaturated/α-hetero) is 1. The van der Waals surface area contributed by atoms with Crippen LogP contribution in [0.25, 0.3) is 0 Å². The Bertz CT molecular complexity index is 748. The number of hydrogen-bond donors (Lipinski definition) is 0. The standard InChI is InChI=1S/C22H25NO2S/c24-20(10-4-8-16-6-2-1-3-7-16)23-18-13-11-17(12-14-18)21(23)22(25)19-9-5-15-26-19/h1-3,5-7,9,15,17-18,21H,4,8,10-14H2/t17?,18?,21-/m1/s1. The highest BCUT2D eigenvalue weighted by atomic mass is 32.1. The van der Waals surface area contributed by atoms with Crippen molar-refractivity contribution < 1.29 is 9.59 Å². The van der Waals surface area contributed by atoms with Gasteiger partial charge >= 0.3 is 0 Å². The minimum atomic E-state index is -0.231. The first-order valence-corrected chi connectivity index (χ1v) is 10.5. The fourth-order valence-corrected chi connectivity index (χ4v) is 5.33. The van der Waals surface area contributed by atoms with E-state index in [4.69, 9.17) is 0 Å².